The van der Waals surface area contributed by atoms with Crippen LogP contribution in [0.5, 0.6) is 0 Å². The number of nitrogens with one attached hydrogen (secondary N) is 1. The number of nitro benzene ring substituents is 1. The molecule has 0 fully saturated rings. The third-order valence-electron chi connectivity index (χ3n) is 3.22. The molecule has 2 aromatic rings. The van der Waals surface area contributed by atoms with Crippen molar-refractivity contribution in [2.75, 3.05) is 11.9 Å². The van der Waals surface area contributed by atoms with Crippen LogP contribution in [0.1, 0.15) is 13.3 Å². The quantitative estimate of drug-likeness (QED) is 0.454. The normalized spacial score (nSPS) is 12.3. The maximum absolute atomic E-state index is 10.6. The average molecular weight is 314 g/mol. The second kappa shape index (κ2) is 8.00. The van der Waals surface area contributed by atoms with Crippen molar-refractivity contribution in [1.82, 2.24) is 0 Å². The lowest BCUT2D eigenvalue weighted by atomic mass is 10.2. The Labute approximate surface area is 133 Å². The van der Waals surface area contributed by atoms with Gasteiger partial charge in [-0.2, -0.15) is 10.2 Å². The zero-order valence-corrected chi connectivity index (χ0v) is 12.7. The summed E-state index contributed by atoms with van der Waals surface area (Å²) in [5.41, 5.74) is 2.13. The zero-order valence-electron chi connectivity index (χ0n) is 12.7. The van der Waals surface area contributed by atoms with Crippen molar-refractivity contribution in [1.29, 1.82) is 0 Å². The number of nitro groups is 1. The first-order valence-corrected chi connectivity index (χ1v) is 7.26. The molecule has 2 aromatic carbocycles. The van der Waals surface area contributed by atoms with E-state index in [0.29, 0.717) is 24.3 Å². The lowest BCUT2D eigenvalue weighted by Crippen LogP contribution is -2.17. The van der Waals surface area contributed by atoms with E-state index in [1.54, 1.807) is 24.3 Å². The van der Waals surface area contributed by atoms with Crippen molar-refractivity contribution in [3.05, 3.63) is 58.6 Å². The molecule has 0 heterocycles. The molecule has 120 valence electrons. The maximum Gasteiger partial charge on any atom is 0.269 e. The maximum atomic E-state index is 10.6. The van der Waals surface area contributed by atoms with Gasteiger partial charge in [-0.15, -0.1) is 0 Å². The van der Waals surface area contributed by atoms with Gasteiger partial charge < -0.3 is 10.4 Å². The van der Waals surface area contributed by atoms with Crippen LogP contribution in [0.3, 0.4) is 0 Å². The third-order valence-corrected chi connectivity index (χ3v) is 3.22. The van der Waals surface area contributed by atoms with Gasteiger partial charge in [0.15, 0.2) is 0 Å². The van der Waals surface area contributed by atoms with Crippen molar-refractivity contribution >= 4 is 22.7 Å². The SMILES string of the molecule is CCC(O)CNc1ccc(N=Nc2ccc([N+](=O)[O-])cc2)cc1. The molecule has 7 nitrogen and oxygen atoms in total. The first-order valence-electron chi connectivity index (χ1n) is 7.26. The molecule has 23 heavy (non-hydrogen) atoms. The number of nitrogens with zero attached hydrogens (tertiary/aromatic N) is 3. The third kappa shape index (κ3) is 5.15. The van der Waals surface area contributed by atoms with Gasteiger partial charge in [0, 0.05) is 24.4 Å². The largest absolute Gasteiger partial charge is 0.391 e. The van der Waals surface area contributed by atoms with Crippen molar-refractivity contribution in [3.8, 4) is 0 Å². The fourth-order valence-electron chi connectivity index (χ4n) is 1.78. The van der Waals surface area contributed by atoms with Crippen LogP contribution in [0.4, 0.5) is 22.7 Å². The predicted octanol–water partition coefficient (Wildman–Crippen LogP) is 4.19. The number of hydrogen-bond donors (Lipinski definition) is 2. The molecule has 1 unspecified atom stereocenters. The molecule has 1 atom stereocenters. The van der Waals surface area contributed by atoms with E-state index in [1.807, 2.05) is 19.1 Å². The summed E-state index contributed by atoms with van der Waals surface area (Å²) in [6, 6.07) is 13.2. The number of non-ortho nitro benzene ring substituents is 1. The fourth-order valence-corrected chi connectivity index (χ4v) is 1.78. The second-order valence-electron chi connectivity index (χ2n) is 4.96. The van der Waals surface area contributed by atoms with Crippen LogP contribution in [-0.2, 0) is 0 Å². The predicted molar refractivity (Wildman–Crippen MR) is 88.5 cm³/mol. The first-order chi connectivity index (χ1) is 11.1. The van der Waals surface area contributed by atoms with Gasteiger partial charge in [0.05, 0.1) is 22.4 Å². The van der Waals surface area contributed by atoms with Gasteiger partial charge in [0.25, 0.3) is 5.69 Å². The van der Waals surface area contributed by atoms with E-state index in [2.05, 4.69) is 15.5 Å². The van der Waals surface area contributed by atoms with Gasteiger partial charge >= 0.3 is 0 Å². The van der Waals surface area contributed by atoms with Crippen molar-refractivity contribution in [3.63, 3.8) is 0 Å². The summed E-state index contributed by atoms with van der Waals surface area (Å²) >= 11 is 0. The smallest absolute Gasteiger partial charge is 0.269 e. The minimum absolute atomic E-state index is 0.0219. The number of rotatable bonds is 7. The molecular formula is C16H18N4O3. The highest BCUT2D eigenvalue weighted by Gasteiger charge is 2.03. The number of aliphatic hydroxyl groups excluding tert-OH is 1. The van der Waals surface area contributed by atoms with Crippen LogP contribution >= 0.6 is 0 Å². The summed E-state index contributed by atoms with van der Waals surface area (Å²) in [7, 11) is 0. The Balaban J connectivity index is 1.95. The van der Waals surface area contributed by atoms with Crippen LogP contribution in [0.15, 0.2) is 58.8 Å². The van der Waals surface area contributed by atoms with E-state index in [9.17, 15) is 15.2 Å². The van der Waals surface area contributed by atoms with E-state index in [1.165, 1.54) is 12.1 Å². The van der Waals surface area contributed by atoms with Crippen molar-refractivity contribution in [2.24, 2.45) is 10.2 Å². The molecule has 7 heteroatoms. The lowest BCUT2D eigenvalue weighted by molar-refractivity contribution is -0.384. The molecule has 0 aliphatic carbocycles. The molecule has 0 aliphatic rings. The van der Waals surface area contributed by atoms with Crippen LogP contribution in [-0.4, -0.2) is 22.7 Å². The average Bonchev–Trinajstić information content (AvgIpc) is 2.59. The Bertz CT molecular complexity index is 669. The van der Waals surface area contributed by atoms with Gasteiger partial charge in [-0.05, 0) is 42.8 Å². The summed E-state index contributed by atoms with van der Waals surface area (Å²) < 4.78 is 0. The summed E-state index contributed by atoms with van der Waals surface area (Å²) in [5.74, 6) is 0. The Morgan fingerprint density at radius 3 is 2.09 bits per heavy atom. The van der Waals surface area contributed by atoms with E-state index >= 15 is 0 Å². The van der Waals surface area contributed by atoms with E-state index < -0.39 is 4.92 Å². The molecule has 2 N–H and O–H groups in total. The van der Waals surface area contributed by atoms with Crippen LogP contribution < -0.4 is 5.32 Å². The Hall–Kier alpha value is -2.80. The second-order valence-corrected chi connectivity index (χ2v) is 4.96. The molecule has 0 aromatic heterocycles. The monoisotopic (exact) mass is 314 g/mol. The van der Waals surface area contributed by atoms with E-state index in [4.69, 9.17) is 0 Å². The molecule has 0 amide bonds. The summed E-state index contributed by atoms with van der Waals surface area (Å²) in [4.78, 5) is 10.1. The van der Waals surface area contributed by atoms with E-state index in [-0.39, 0.29) is 11.8 Å². The number of aliphatic hydroxyl groups is 1. The number of anilines is 1. The van der Waals surface area contributed by atoms with Gasteiger partial charge in [-0.25, -0.2) is 0 Å². The summed E-state index contributed by atoms with van der Waals surface area (Å²) in [6.45, 7) is 2.42. The fraction of sp³-hybridized carbons (Fsp3) is 0.250. The highest BCUT2D eigenvalue weighted by atomic mass is 16.6. The number of hydrogen-bond acceptors (Lipinski definition) is 6. The summed E-state index contributed by atoms with van der Waals surface area (Å²) in [5, 5.41) is 31.3. The first kappa shape index (κ1) is 16.6. The molecular weight excluding hydrogens is 296 g/mol. The molecule has 0 bridgehead atoms. The Morgan fingerprint density at radius 2 is 1.61 bits per heavy atom. The van der Waals surface area contributed by atoms with Crippen molar-refractivity contribution < 1.29 is 10.0 Å². The molecule has 2 rings (SSSR count). The van der Waals surface area contributed by atoms with Gasteiger partial charge in [0.1, 0.15) is 0 Å². The topological polar surface area (TPSA) is 100 Å². The summed E-state index contributed by atoms with van der Waals surface area (Å²) in [6.07, 6.45) is 0.339. The molecule has 0 radical (unpaired) electrons. The zero-order chi connectivity index (χ0) is 16.7. The minimum atomic E-state index is -0.456. The van der Waals surface area contributed by atoms with Crippen LogP contribution in [0.2, 0.25) is 0 Å². The van der Waals surface area contributed by atoms with Crippen molar-refractivity contribution in [2.45, 2.75) is 19.4 Å². The molecule has 0 aliphatic heterocycles. The van der Waals surface area contributed by atoms with E-state index in [0.717, 1.165) is 5.69 Å². The van der Waals surface area contributed by atoms with Gasteiger partial charge in [0.2, 0.25) is 0 Å². The lowest BCUT2D eigenvalue weighted by Gasteiger charge is -2.10. The molecule has 0 saturated carbocycles. The Kier molecular flexibility index (Phi) is 5.76. The van der Waals surface area contributed by atoms with Crippen LogP contribution in [0, 0.1) is 10.1 Å². The Morgan fingerprint density at radius 1 is 1.09 bits per heavy atom. The van der Waals surface area contributed by atoms with Gasteiger partial charge in [-0.3, -0.25) is 10.1 Å². The highest BCUT2D eigenvalue weighted by Crippen LogP contribution is 2.22. The molecule has 0 saturated heterocycles. The van der Waals surface area contributed by atoms with Crippen LogP contribution in [0.25, 0.3) is 0 Å². The minimum Gasteiger partial charge on any atom is -0.391 e. The standard InChI is InChI=1S/C16H18N4O3/c1-2-16(21)11-17-12-3-5-13(6-4-12)18-19-14-7-9-15(10-8-14)20(22)23/h3-10,16-17,21H,2,11H2,1H3. The molecule has 0 spiro atoms. The van der Waals surface area contributed by atoms with Gasteiger partial charge in [-0.1, -0.05) is 6.92 Å². The highest BCUT2D eigenvalue weighted by molar-refractivity contribution is 5.51. The number of benzene rings is 2. The number of azo groups is 1.